The number of sulfonamides is 1. The maximum Gasteiger partial charge on any atom is 0.270 e. The van der Waals surface area contributed by atoms with Crippen LogP contribution in [0, 0.1) is 0 Å². The Morgan fingerprint density at radius 3 is 2.43 bits per heavy atom. The fraction of sp³-hybridized carbons (Fsp3) is 0.250. The Labute approximate surface area is 184 Å². The standard InChI is InChI=1S/C20H21ClN4O3S2/c1-3-13-5-6-14(4-2)16(11-13)12-22-30(27,28)20-25-24-19(29-20)23-18(26)15-7-9-17(21)10-8-15/h5-11,22H,3-4,12H2,1-2H3,(H,23,24,26). The van der Waals surface area contributed by atoms with Crippen LogP contribution in [-0.2, 0) is 29.4 Å². The average molecular weight is 465 g/mol. The van der Waals surface area contributed by atoms with E-state index in [1.54, 1.807) is 24.3 Å². The molecule has 0 aliphatic carbocycles. The fourth-order valence-electron chi connectivity index (χ4n) is 2.78. The minimum atomic E-state index is -3.86. The molecule has 0 radical (unpaired) electrons. The van der Waals surface area contributed by atoms with E-state index in [0.29, 0.717) is 10.6 Å². The molecule has 158 valence electrons. The van der Waals surface area contributed by atoms with Crippen LogP contribution in [-0.4, -0.2) is 24.5 Å². The van der Waals surface area contributed by atoms with Crippen LogP contribution in [0.5, 0.6) is 0 Å². The number of hydrogen-bond donors (Lipinski definition) is 2. The molecule has 10 heteroatoms. The molecule has 7 nitrogen and oxygen atoms in total. The number of nitrogens with one attached hydrogen (secondary N) is 2. The highest BCUT2D eigenvalue weighted by Gasteiger charge is 2.21. The van der Waals surface area contributed by atoms with Gasteiger partial charge in [-0.25, -0.2) is 13.1 Å². The van der Waals surface area contributed by atoms with Crippen LogP contribution in [0.4, 0.5) is 5.13 Å². The van der Waals surface area contributed by atoms with Crippen molar-refractivity contribution in [3.8, 4) is 0 Å². The first-order valence-corrected chi connectivity index (χ1v) is 12.0. The highest BCUT2D eigenvalue weighted by Crippen LogP contribution is 2.22. The summed E-state index contributed by atoms with van der Waals surface area (Å²) in [5, 5.41) is 10.6. The minimum Gasteiger partial charge on any atom is -0.296 e. The summed E-state index contributed by atoms with van der Waals surface area (Å²) in [6.07, 6.45) is 1.68. The Hall–Kier alpha value is -2.33. The topological polar surface area (TPSA) is 101 Å². The number of nitrogens with zero attached hydrogens (tertiary/aromatic N) is 2. The Morgan fingerprint density at radius 1 is 1.03 bits per heavy atom. The van der Waals surface area contributed by atoms with Crippen molar-refractivity contribution in [3.05, 3.63) is 69.7 Å². The molecule has 30 heavy (non-hydrogen) atoms. The smallest absolute Gasteiger partial charge is 0.270 e. The SMILES string of the molecule is CCc1ccc(CC)c(CNS(=O)(=O)c2nnc(NC(=O)c3ccc(Cl)cc3)s2)c1. The Kier molecular flexibility index (Phi) is 7.19. The Morgan fingerprint density at radius 2 is 1.77 bits per heavy atom. The normalized spacial score (nSPS) is 11.4. The van der Waals surface area contributed by atoms with E-state index in [9.17, 15) is 13.2 Å². The molecule has 2 N–H and O–H groups in total. The van der Waals surface area contributed by atoms with E-state index in [0.717, 1.165) is 40.9 Å². The molecular weight excluding hydrogens is 444 g/mol. The van der Waals surface area contributed by atoms with Gasteiger partial charge in [0, 0.05) is 17.1 Å². The average Bonchev–Trinajstić information content (AvgIpc) is 3.22. The van der Waals surface area contributed by atoms with Crippen molar-refractivity contribution in [1.29, 1.82) is 0 Å². The van der Waals surface area contributed by atoms with E-state index in [1.807, 2.05) is 19.1 Å². The zero-order valence-electron chi connectivity index (χ0n) is 16.5. The van der Waals surface area contributed by atoms with E-state index < -0.39 is 15.9 Å². The van der Waals surface area contributed by atoms with Crippen molar-refractivity contribution >= 4 is 44.0 Å². The molecule has 0 atom stereocenters. The number of anilines is 1. The predicted octanol–water partition coefficient (Wildman–Crippen LogP) is 4.05. The molecular formula is C20H21ClN4O3S2. The quantitative estimate of drug-likeness (QED) is 0.490. The molecule has 0 saturated carbocycles. The van der Waals surface area contributed by atoms with Crippen LogP contribution in [0.3, 0.4) is 0 Å². The summed E-state index contributed by atoms with van der Waals surface area (Å²) in [4.78, 5) is 12.2. The molecule has 1 heterocycles. The van der Waals surface area contributed by atoms with Gasteiger partial charge in [0.25, 0.3) is 15.9 Å². The lowest BCUT2D eigenvalue weighted by Gasteiger charge is -2.10. The van der Waals surface area contributed by atoms with Gasteiger partial charge in [0.05, 0.1) is 0 Å². The van der Waals surface area contributed by atoms with Crippen LogP contribution >= 0.6 is 22.9 Å². The molecule has 0 bridgehead atoms. The first kappa shape index (κ1) is 22.4. The van der Waals surface area contributed by atoms with Crippen LogP contribution in [0.25, 0.3) is 0 Å². The molecule has 0 saturated heterocycles. The molecule has 3 aromatic rings. The number of benzene rings is 2. The lowest BCUT2D eigenvalue weighted by molar-refractivity contribution is 0.102. The number of amides is 1. The van der Waals surface area contributed by atoms with E-state index in [-0.39, 0.29) is 16.0 Å². The van der Waals surface area contributed by atoms with Gasteiger partial charge < -0.3 is 0 Å². The highest BCUT2D eigenvalue weighted by molar-refractivity contribution is 7.91. The first-order valence-electron chi connectivity index (χ1n) is 9.33. The summed E-state index contributed by atoms with van der Waals surface area (Å²) in [5.41, 5.74) is 3.54. The van der Waals surface area contributed by atoms with Gasteiger partial charge in [0.15, 0.2) is 0 Å². The summed E-state index contributed by atoms with van der Waals surface area (Å²) in [7, 11) is -3.86. The number of rotatable bonds is 8. The molecule has 0 spiro atoms. The van der Waals surface area contributed by atoms with Gasteiger partial charge in [0.1, 0.15) is 0 Å². The van der Waals surface area contributed by atoms with Crippen LogP contribution in [0.1, 0.15) is 40.9 Å². The Bertz CT molecular complexity index is 1150. The maximum atomic E-state index is 12.6. The van der Waals surface area contributed by atoms with E-state index in [2.05, 4.69) is 33.2 Å². The summed E-state index contributed by atoms with van der Waals surface area (Å²) < 4.78 is 27.6. The van der Waals surface area contributed by atoms with Crippen molar-refractivity contribution < 1.29 is 13.2 Å². The van der Waals surface area contributed by atoms with E-state index in [1.165, 1.54) is 0 Å². The van der Waals surface area contributed by atoms with E-state index in [4.69, 9.17) is 11.6 Å². The fourth-order valence-corrected chi connectivity index (χ4v) is 4.85. The lowest BCUT2D eigenvalue weighted by atomic mass is 10.0. The molecule has 1 amide bonds. The van der Waals surface area contributed by atoms with Crippen LogP contribution in [0.2, 0.25) is 5.02 Å². The molecule has 0 aliphatic rings. The highest BCUT2D eigenvalue weighted by atomic mass is 35.5. The monoisotopic (exact) mass is 464 g/mol. The van der Waals surface area contributed by atoms with Crippen LogP contribution in [0.15, 0.2) is 46.8 Å². The molecule has 0 aliphatic heterocycles. The van der Waals surface area contributed by atoms with Crippen LogP contribution < -0.4 is 10.0 Å². The van der Waals surface area contributed by atoms with E-state index >= 15 is 0 Å². The molecule has 3 rings (SSSR count). The lowest BCUT2D eigenvalue weighted by Crippen LogP contribution is -2.23. The van der Waals surface area contributed by atoms with Gasteiger partial charge >= 0.3 is 0 Å². The van der Waals surface area contributed by atoms with Crippen molar-refractivity contribution in [2.45, 2.75) is 37.6 Å². The van der Waals surface area contributed by atoms with Crippen molar-refractivity contribution in [2.24, 2.45) is 0 Å². The number of hydrogen-bond acceptors (Lipinski definition) is 6. The van der Waals surface area contributed by atoms with Crippen molar-refractivity contribution in [1.82, 2.24) is 14.9 Å². The van der Waals surface area contributed by atoms with Gasteiger partial charge in [-0.3, -0.25) is 10.1 Å². The second kappa shape index (κ2) is 9.65. The number of carbonyl (C=O) groups is 1. The molecule has 2 aromatic carbocycles. The van der Waals surface area contributed by atoms with Gasteiger partial charge in [-0.2, -0.15) is 0 Å². The second-order valence-corrected chi connectivity index (χ2v) is 9.82. The second-order valence-electron chi connectivity index (χ2n) is 6.47. The number of aromatic nitrogens is 2. The Balaban J connectivity index is 1.70. The zero-order valence-corrected chi connectivity index (χ0v) is 18.9. The predicted molar refractivity (Wildman–Crippen MR) is 119 cm³/mol. The molecule has 0 fully saturated rings. The maximum absolute atomic E-state index is 12.6. The van der Waals surface area contributed by atoms with Gasteiger partial charge in [-0.15, -0.1) is 10.2 Å². The third kappa shape index (κ3) is 5.42. The van der Waals surface area contributed by atoms with Gasteiger partial charge in [-0.05, 0) is 53.8 Å². The molecule has 0 unspecified atom stereocenters. The third-order valence-electron chi connectivity index (χ3n) is 4.48. The van der Waals surface area contributed by atoms with Crippen molar-refractivity contribution in [3.63, 3.8) is 0 Å². The number of carbonyl (C=O) groups excluding carboxylic acids is 1. The summed E-state index contributed by atoms with van der Waals surface area (Å²) in [6, 6.07) is 12.4. The van der Waals surface area contributed by atoms with Crippen molar-refractivity contribution in [2.75, 3.05) is 5.32 Å². The summed E-state index contributed by atoms with van der Waals surface area (Å²) >= 11 is 6.60. The minimum absolute atomic E-state index is 0.0950. The summed E-state index contributed by atoms with van der Waals surface area (Å²) in [5.74, 6) is -0.427. The number of aryl methyl sites for hydroxylation is 2. The third-order valence-corrected chi connectivity index (χ3v) is 7.34. The number of halogens is 1. The first-order chi connectivity index (χ1) is 14.3. The van der Waals surface area contributed by atoms with Gasteiger partial charge in [-0.1, -0.05) is 55.0 Å². The van der Waals surface area contributed by atoms with Gasteiger partial charge in [0.2, 0.25) is 9.47 Å². The largest absolute Gasteiger partial charge is 0.296 e. The molecule has 1 aromatic heterocycles. The zero-order chi connectivity index (χ0) is 21.7. The summed E-state index contributed by atoms with van der Waals surface area (Å²) in [6.45, 7) is 4.24.